The zero-order chi connectivity index (χ0) is 34.3. The Labute approximate surface area is 292 Å². The van der Waals surface area contributed by atoms with Crippen LogP contribution in [0, 0.1) is 18.8 Å². The lowest BCUT2D eigenvalue weighted by molar-refractivity contribution is -0.133. The van der Waals surface area contributed by atoms with Gasteiger partial charge in [-0.2, -0.15) is 0 Å². The highest BCUT2D eigenvalue weighted by Crippen LogP contribution is 2.30. The number of likely N-dealkylation sites (tertiary alicyclic amines) is 2. The lowest BCUT2D eigenvalue weighted by Crippen LogP contribution is -2.45. The van der Waals surface area contributed by atoms with Gasteiger partial charge >= 0.3 is 0 Å². The van der Waals surface area contributed by atoms with Crippen molar-refractivity contribution >= 4 is 39.1 Å². The number of aryl methyl sites for hydroxylation is 1. The molecule has 2 aromatic rings. The Bertz CT molecular complexity index is 1500. The van der Waals surface area contributed by atoms with E-state index in [4.69, 9.17) is 11.6 Å². The van der Waals surface area contributed by atoms with Crippen molar-refractivity contribution in [3.63, 3.8) is 0 Å². The molecule has 1 aliphatic carbocycles. The Morgan fingerprint density at radius 3 is 2.27 bits per heavy atom. The van der Waals surface area contributed by atoms with Crippen LogP contribution in [0.5, 0.6) is 0 Å². The van der Waals surface area contributed by atoms with Crippen molar-refractivity contribution < 1.29 is 23.1 Å². The molecule has 2 heterocycles. The van der Waals surface area contributed by atoms with Crippen molar-refractivity contribution in [1.29, 1.82) is 0 Å². The molecule has 9 nitrogen and oxygen atoms in total. The molecule has 0 radical (unpaired) electrons. The molecule has 2 N–H and O–H groups in total. The number of hydrogen-bond donors (Lipinski definition) is 2. The van der Waals surface area contributed by atoms with Crippen LogP contribution in [-0.4, -0.2) is 86.6 Å². The molecule has 5 rings (SSSR count). The molecule has 2 amide bonds. The first-order valence-electron chi connectivity index (χ1n) is 17.8. The summed E-state index contributed by atoms with van der Waals surface area (Å²) in [4.78, 5) is 32.0. The van der Waals surface area contributed by atoms with Crippen molar-refractivity contribution in [2.75, 3.05) is 50.7 Å². The maximum absolute atomic E-state index is 13.8. The molecular formula is C37H53ClN4O5S. The topological polar surface area (TPSA) is 110 Å². The van der Waals surface area contributed by atoms with Gasteiger partial charge in [0.25, 0.3) is 0 Å². The minimum absolute atomic E-state index is 0.0614. The predicted octanol–water partition coefficient (Wildman–Crippen LogP) is 5.56. The molecule has 48 heavy (non-hydrogen) atoms. The fourth-order valence-corrected chi connectivity index (χ4v) is 8.78. The molecule has 2 saturated heterocycles. The summed E-state index contributed by atoms with van der Waals surface area (Å²) in [7, 11) is -3.67. The molecule has 0 atom stereocenters. The third kappa shape index (κ3) is 9.81. The summed E-state index contributed by atoms with van der Waals surface area (Å²) in [6.07, 6.45) is 9.51. The number of benzene rings is 2. The number of carbonyl (C=O) groups is 2. The van der Waals surface area contributed by atoms with Crippen LogP contribution in [0.2, 0.25) is 5.02 Å². The van der Waals surface area contributed by atoms with Gasteiger partial charge in [-0.25, -0.2) is 13.1 Å². The fraction of sp³-hybridized carbons (Fsp3) is 0.622. The van der Waals surface area contributed by atoms with E-state index in [-0.39, 0.29) is 29.2 Å². The first-order chi connectivity index (χ1) is 22.9. The van der Waals surface area contributed by atoms with E-state index in [0.717, 1.165) is 81.4 Å². The minimum atomic E-state index is -3.67. The maximum atomic E-state index is 13.8. The van der Waals surface area contributed by atoms with Crippen molar-refractivity contribution in [3.8, 4) is 0 Å². The summed E-state index contributed by atoms with van der Waals surface area (Å²) < 4.78 is 28.4. The lowest BCUT2D eigenvalue weighted by Gasteiger charge is -2.35. The molecule has 2 aromatic carbocycles. The van der Waals surface area contributed by atoms with Crippen LogP contribution in [-0.2, 0) is 26.0 Å². The highest BCUT2D eigenvalue weighted by Gasteiger charge is 2.32. The average molecular weight is 701 g/mol. The van der Waals surface area contributed by atoms with Gasteiger partial charge < -0.3 is 19.8 Å². The number of rotatable bonds is 12. The summed E-state index contributed by atoms with van der Waals surface area (Å²) in [6.45, 7) is 8.37. The van der Waals surface area contributed by atoms with Crippen molar-refractivity contribution in [3.05, 3.63) is 58.6 Å². The van der Waals surface area contributed by atoms with Crippen LogP contribution in [0.25, 0.3) is 0 Å². The summed E-state index contributed by atoms with van der Waals surface area (Å²) in [5, 5.41) is 11.3. The molecule has 3 fully saturated rings. The van der Waals surface area contributed by atoms with Crippen molar-refractivity contribution in [2.24, 2.45) is 11.8 Å². The molecule has 264 valence electrons. The summed E-state index contributed by atoms with van der Waals surface area (Å²) in [6, 6.07) is 13.0. The van der Waals surface area contributed by atoms with Gasteiger partial charge in [0, 0.05) is 49.7 Å². The van der Waals surface area contributed by atoms with Gasteiger partial charge in [0.2, 0.25) is 21.8 Å². The third-order valence-corrected chi connectivity index (χ3v) is 12.5. The van der Waals surface area contributed by atoms with Crippen LogP contribution in [0.1, 0.15) is 82.3 Å². The van der Waals surface area contributed by atoms with E-state index in [2.05, 4.69) is 9.62 Å². The second-order valence-electron chi connectivity index (χ2n) is 14.3. The van der Waals surface area contributed by atoms with E-state index in [1.54, 1.807) is 19.1 Å². The van der Waals surface area contributed by atoms with E-state index in [0.29, 0.717) is 56.3 Å². The van der Waals surface area contributed by atoms with Crippen LogP contribution in [0.3, 0.4) is 0 Å². The highest BCUT2D eigenvalue weighted by atomic mass is 35.5. The molecule has 0 unspecified atom stereocenters. The summed E-state index contributed by atoms with van der Waals surface area (Å²) in [5.41, 5.74) is 2.01. The summed E-state index contributed by atoms with van der Waals surface area (Å²) in [5.74, 6) is 0.620. The number of piperidine rings is 2. The Kier molecular flexibility index (Phi) is 12.6. The van der Waals surface area contributed by atoms with Crippen molar-refractivity contribution in [2.45, 2.75) is 95.0 Å². The normalized spacial score (nSPS) is 19.7. The Morgan fingerprint density at radius 2 is 1.65 bits per heavy atom. The van der Waals surface area contributed by atoms with Gasteiger partial charge in [-0.05, 0) is 119 Å². The molecule has 0 bridgehead atoms. The smallest absolute Gasteiger partial charge is 0.240 e. The van der Waals surface area contributed by atoms with Crippen LogP contribution < -0.4 is 9.62 Å². The third-order valence-electron chi connectivity index (χ3n) is 10.7. The zero-order valence-electron chi connectivity index (χ0n) is 28.6. The number of amides is 2. The quantitative estimate of drug-likeness (QED) is 0.300. The van der Waals surface area contributed by atoms with Gasteiger partial charge in [-0.1, -0.05) is 49.1 Å². The Balaban J connectivity index is 1.08. The summed E-state index contributed by atoms with van der Waals surface area (Å²) >= 11 is 6.47. The number of aliphatic hydroxyl groups is 1. The number of nitrogens with zero attached hydrogens (tertiary/aromatic N) is 3. The van der Waals surface area contributed by atoms with E-state index < -0.39 is 15.6 Å². The highest BCUT2D eigenvalue weighted by molar-refractivity contribution is 7.89. The van der Waals surface area contributed by atoms with Gasteiger partial charge in [0.15, 0.2) is 0 Å². The standard InChI is InChI=1S/C37H53ClN4O5S/c1-28-7-10-33(26-35(28)38)42(36(44)32-15-23-41(24-16-32)29(2)43)20-6-19-40-21-13-31(14-22-40)25-30-8-11-34(12-9-30)48(46,47)39-27-37(45)17-4-3-5-18-37/h7-12,26,31-32,39,45H,3-6,13-25,27H2,1-2H3. The van der Waals surface area contributed by atoms with E-state index >= 15 is 0 Å². The largest absolute Gasteiger partial charge is 0.389 e. The number of nitrogens with one attached hydrogen (secondary N) is 1. The molecule has 11 heteroatoms. The van der Waals surface area contributed by atoms with Gasteiger partial charge in [-0.3, -0.25) is 9.59 Å². The zero-order valence-corrected chi connectivity index (χ0v) is 30.2. The second-order valence-corrected chi connectivity index (χ2v) is 16.5. The Morgan fingerprint density at radius 1 is 0.979 bits per heavy atom. The van der Waals surface area contributed by atoms with Crippen LogP contribution in [0.4, 0.5) is 5.69 Å². The fourth-order valence-electron chi connectivity index (χ4n) is 7.48. The van der Waals surface area contributed by atoms with Crippen LogP contribution in [0.15, 0.2) is 47.4 Å². The maximum Gasteiger partial charge on any atom is 0.240 e. The number of hydrogen-bond acceptors (Lipinski definition) is 6. The number of sulfonamides is 1. The predicted molar refractivity (Wildman–Crippen MR) is 191 cm³/mol. The van der Waals surface area contributed by atoms with Gasteiger partial charge in [0.05, 0.1) is 10.5 Å². The van der Waals surface area contributed by atoms with E-state index in [1.165, 1.54) is 0 Å². The van der Waals surface area contributed by atoms with Gasteiger partial charge in [-0.15, -0.1) is 0 Å². The number of anilines is 1. The first-order valence-corrected chi connectivity index (χ1v) is 19.6. The minimum Gasteiger partial charge on any atom is -0.389 e. The van der Waals surface area contributed by atoms with Gasteiger partial charge in [0.1, 0.15) is 0 Å². The molecule has 1 saturated carbocycles. The van der Waals surface area contributed by atoms with E-state index in [1.807, 2.05) is 47.1 Å². The van der Waals surface area contributed by atoms with Crippen molar-refractivity contribution in [1.82, 2.24) is 14.5 Å². The molecular weight excluding hydrogens is 648 g/mol. The average Bonchev–Trinajstić information content (AvgIpc) is 3.08. The Hall–Kier alpha value is -2.50. The SMILES string of the molecule is CC(=O)N1CCC(C(=O)N(CCCN2CCC(Cc3ccc(S(=O)(=O)NCC4(O)CCCCC4)cc3)CC2)c2ccc(C)c(Cl)c2)CC1. The monoisotopic (exact) mass is 700 g/mol. The molecule has 3 aliphatic rings. The number of halogens is 1. The first kappa shape index (κ1) is 36.8. The second kappa shape index (κ2) is 16.5. The lowest BCUT2D eigenvalue weighted by atomic mass is 9.85. The molecule has 0 aromatic heterocycles. The van der Waals surface area contributed by atoms with E-state index in [9.17, 15) is 23.1 Å². The molecule has 0 spiro atoms. The van der Waals surface area contributed by atoms with Crippen LogP contribution >= 0.6 is 11.6 Å². The number of carbonyl (C=O) groups excluding carboxylic acids is 2. The molecule has 2 aliphatic heterocycles.